The van der Waals surface area contributed by atoms with Crippen LogP contribution in [0.1, 0.15) is 0 Å². The summed E-state index contributed by atoms with van der Waals surface area (Å²) in [6.45, 7) is 0. The highest BCUT2D eigenvalue weighted by Crippen LogP contribution is 2.44. The van der Waals surface area contributed by atoms with Crippen LogP contribution in [0.25, 0.3) is 84.2 Å². The maximum atomic E-state index is 6.51. The van der Waals surface area contributed by atoms with Crippen molar-refractivity contribution in [2.75, 3.05) is 4.90 Å². The lowest BCUT2D eigenvalue weighted by atomic mass is 9.98. The zero-order chi connectivity index (χ0) is 32.8. The Balaban J connectivity index is 1.08. The summed E-state index contributed by atoms with van der Waals surface area (Å²) < 4.78 is 11.7. The minimum atomic E-state index is 0.910. The van der Waals surface area contributed by atoms with E-state index in [1.165, 1.54) is 51.3 Å². The van der Waals surface area contributed by atoms with Gasteiger partial charge in [-0.15, -0.1) is 22.7 Å². The SMILES string of the molecule is c1ccc2c(c1)ccc1c2oc2cccc(-c3ccc(N(c4ccc5c(c4)sc4ccccc45)c4ccc5c(c4)sc4ccccc45)cc3)c21. The smallest absolute Gasteiger partial charge is 0.143 e. The second-order valence-corrected chi connectivity index (χ2v) is 15.1. The quantitative estimate of drug-likeness (QED) is 0.185. The van der Waals surface area contributed by atoms with E-state index in [9.17, 15) is 0 Å². The van der Waals surface area contributed by atoms with Gasteiger partial charge >= 0.3 is 0 Å². The van der Waals surface area contributed by atoms with Crippen molar-refractivity contribution in [2.45, 2.75) is 0 Å². The lowest BCUT2D eigenvalue weighted by molar-refractivity contribution is 0.673. The fourth-order valence-corrected chi connectivity index (χ4v) is 10.0. The summed E-state index contributed by atoms with van der Waals surface area (Å²) in [6.07, 6.45) is 0. The summed E-state index contributed by atoms with van der Waals surface area (Å²) in [6, 6.07) is 59.5. The molecule has 0 radical (unpaired) electrons. The number of fused-ring (bicyclic) bond motifs is 11. The summed E-state index contributed by atoms with van der Waals surface area (Å²) in [4.78, 5) is 2.40. The highest BCUT2D eigenvalue weighted by Gasteiger charge is 2.18. The van der Waals surface area contributed by atoms with Gasteiger partial charge in [0.15, 0.2) is 0 Å². The molecule has 0 bridgehead atoms. The molecule has 8 aromatic carbocycles. The van der Waals surface area contributed by atoms with Crippen molar-refractivity contribution in [3.63, 3.8) is 0 Å². The molecule has 0 unspecified atom stereocenters. The molecule has 11 rings (SSSR count). The average Bonchev–Trinajstić information content (AvgIpc) is 3.86. The Bertz CT molecular complexity index is 2990. The molecule has 0 fully saturated rings. The molecule has 0 aliphatic rings. The number of thiophene rings is 2. The van der Waals surface area contributed by atoms with Gasteiger partial charge in [0, 0.05) is 73.6 Å². The Kier molecular flexibility index (Phi) is 6.03. The van der Waals surface area contributed by atoms with E-state index in [1.54, 1.807) is 0 Å². The molecule has 2 nitrogen and oxygen atoms in total. The van der Waals surface area contributed by atoms with E-state index in [2.05, 4.69) is 169 Å². The van der Waals surface area contributed by atoms with Gasteiger partial charge in [0.05, 0.1) is 0 Å². The van der Waals surface area contributed by atoms with Crippen LogP contribution in [0.4, 0.5) is 17.1 Å². The van der Waals surface area contributed by atoms with E-state index in [0.29, 0.717) is 0 Å². The molecule has 3 aromatic heterocycles. The molecule has 0 saturated heterocycles. The zero-order valence-corrected chi connectivity index (χ0v) is 28.4. The van der Waals surface area contributed by atoms with Gasteiger partial charge in [-0.3, -0.25) is 0 Å². The molecule has 4 heteroatoms. The second-order valence-electron chi connectivity index (χ2n) is 12.9. The minimum Gasteiger partial charge on any atom is -0.455 e. The number of hydrogen-bond acceptors (Lipinski definition) is 4. The van der Waals surface area contributed by atoms with E-state index >= 15 is 0 Å². The summed E-state index contributed by atoms with van der Waals surface area (Å²) in [7, 11) is 0. The zero-order valence-electron chi connectivity index (χ0n) is 26.8. The maximum absolute atomic E-state index is 6.51. The monoisotopic (exact) mass is 673 g/mol. The number of benzene rings is 8. The van der Waals surface area contributed by atoms with E-state index in [-0.39, 0.29) is 0 Å². The van der Waals surface area contributed by atoms with Crippen molar-refractivity contribution in [3.05, 3.63) is 164 Å². The molecule has 0 aliphatic heterocycles. The van der Waals surface area contributed by atoms with Crippen molar-refractivity contribution < 1.29 is 4.42 Å². The predicted octanol–water partition coefficient (Wildman–Crippen LogP) is 14.6. The van der Waals surface area contributed by atoms with Crippen LogP contribution in [0.15, 0.2) is 168 Å². The van der Waals surface area contributed by atoms with E-state index < -0.39 is 0 Å². The lowest BCUT2D eigenvalue weighted by Gasteiger charge is -2.26. The molecule has 0 spiro atoms. The number of anilines is 3. The van der Waals surface area contributed by atoms with Crippen LogP contribution in [-0.2, 0) is 0 Å². The van der Waals surface area contributed by atoms with Gasteiger partial charge in [-0.1, -0.05) is 103 Å². The number of hydrogen-bond donors (Lipinski definition) is 0. The summed E-state index contributed by atoms with van der Waals surface area (Å²) in [5, 5.41) is 9.87. The largest absolute Gasteiger partial charge is 0.455 e. The van der Waals surface area contributed by atoms with E-state index in [4.69, 9.17) is 4.42 Å². The van der Waals surface area contributed by atoms with E-state index in [0.717, 1.165) is 50.0 Å². The van der Waals surface area contributed by atoms with Gasteiger partial charge in [-0.25, -0.2) is 0 Å². The molecule has 3 heterocycles. The van der Waals surface area contributed by atoms with Gasteiger partial charge in [0.25, 0.3) is 0 Å². The number of nitrogens with zero attached hydrogens (tertiary/aromatic N) is 1. The van der Waals surface area contributed by atoms with Gasteiger partial charge < -0.3 is 9.32 Å². The van der Waals surface area contributed by atoms with Crippen LogP contribution in [0, 0.1) is 0 Å². The fraction of sp³-hybridized carbons (Fsp3) is 0. The topological polar surface area (TPSA) is 16.4 Å². The van der Waals surface area contributed by atoms with Crippen LogP contribution in [0.3, 0.4) is 0 Å². The molecule has 0 atom stereocenters. The fourth-order valence-electron chi connectivity index (χ4n) is 7.74. The Labute approximate surface area is 295 Å². The van der Waals surface area contributed by atoms with Gasteiger partial charge in [-0.05, 0) is 77.2 Å². The molecule has 11 aromatic rings. The van der Waals surface area contributed by atoms with Crippen molar-refractivity contribution in [1.82, 2.24) is 0 Å². The van der Waals surface area contributed by atoms with Gasteiger partial charge in [0.1, 0.15) is 11.2 Å². The van der Waals surface area contributed by atoms with Crippen LogP contribution >= 0.6 is 22.7 Å². The first-order chi connectivity index (χ1) is 24.8. The molecular weight excluding hydrogens is 647 g/mol. The summed E-state index contributed by atoms with van der Waals surface area (Å²) in [5.74, 6) is 0. The normalized spacial score (nSPS) is 12.0. The first-order valence-corrected chi connectivity index (χ1v) is 18.5. The maximum Gasteiger partial charge on any atom is 0.143 e. The minimum absolute atomic E-state index is 0.910. The Morgan fingerprint density at radius 2 is 0.960 bits per heavy atom. The molecular formula is C46H27NOS2. The Morgan fingerprint density at radius 1 is 0.400 bits per heavy atom. The molecule has 0 amide bonds. The lowest BCUT2D eigenvalue weighted by Crippen LogP contribution is -2.09. The van der Waals surface area contributed by atoms with Gasteiger partial charge in [0.2, 0.25) is 0 Å². The molecule has 0 N–H and O–H groups in total. The van der Waals surface area contributed by atoms with Crippen molar-refractivity contribution >= 4 is 113 Å². The number of rotatable bonds is 4. The first-order valence-electron chi connectivity index (χ1n) is 16.8. The van der Waals surface area contributed by atoms with Crippen LogP contribution in [0.2, 0.25) is 0 Å². The third-order valence-corrected chi connectivity index (χ3v) is 12.3. The Morgan fingerprint density at radius 3 is 1.64 bits per heavy atom. The van der Waals surface area contributed by atoms with Crippen molar-refractivity contribution in [1.29, 1.82) is 0 Å². The number of furan rings is 1. The second kappa shape index (κ2) is 10.8. The highest BCUT2D eigenvalue weighted by molar-refractivity contribution is 7.26. The van der Waals surface area contributed by atoms with E-state index in [1.807, 2.05) is 22.7 Å². The third kappa shape index (κ3) is 4.19. The van der Waals surface area contributed by atoms with Crippen molar-refractivity contribution in [2.24, 2.45) is 0 Å². The average molecular weight is 674 g/mol. The first kappa shape index (κ1) is 28.0. The summed E-state index contributed by atoms with van der Waals surface area (Å²) >= 11 is 3.72. The molecule has 234 valence electrons. The standard InChI is InChI=1S/C46H27NOS2/c1-2-9-34-28(8-1)18-23-39-45-33(12-7-13-40(45)48-46(34)39)29-16-19-30(20-17-29)47(31-21-24-37-35-10-3-5-14-41(35)49-43(37)26-31)32-22-25-38-36-11-4-6-15-42(36)50-44(38)27-32/h1-27H. The highest BCUT2D eigenvalue weighted by atomic mass is 32.1. The molecule has 0 saturated carbocycles. The summed E-state index contributed by atoms with van der Waals surface area (Å²) in [5.41, 5.74) is 7.60. The molecule has 50 heavy (non-hydrogen) atoms. The van der Waals surface area contributed by atoms with Gasteiger partial charge in [-0.2, -0.15) is 0 Å². The van der Waals surface area contributed by atoms with Crippen LogP contribution in [0.5, 0.6) is 0 Å². The van der Waals surface area contributed by atoms with Crippen LogP contribution in [-0.4, -0.2) is 0 Å². The Hall–Kier alpha value is -5.94. The molecule has 0 aliphatic carbocycles. The van der Waals surface area contributed by atoms with Crippen molar-refractivity contribution in [3.8, 4) is 11.1 Å². The third-order valence-electron chi connectivity index (χ3n) is 10.1. The predicted molar refractivity (Wildman–Crippen MR) is 217 cm³/mol. The van der Waals surface area contributed by atoms with Crippen LogP contribution < -0.4 is 4.90 Å².